The maximum absolute atomic E-state index is 12.9. The van der Waals surface area contributed by atoms with Crippen LogP contribution < -0.4 is 15.0 Å². The topological polar surface area (TPSA) is 96.0 Å². The molecular weight excluding hydrogens is 406 g/mol. The summed E-state index contributed by atoms with van der Waals surface area (Å²) in [5, 5.41) is 2.75. The summed E-state index contributed by atoms with van der Waals surface area (Å²) in [4.78, 5) is 26.3. The predicted molar refractivity (Wildman–Crippen MR) is 114 cm³/mol. The Morgan fingerprint density at radius 3 is 2.43 bits per heavy atom. The molecule has 30 heavy (non-hydrogen) atoms. The van der Waals surface area contributed by atoms with Gasteiger partial charge >= 0.3 is 0 Å². The minimum atomic E-state index is -3.72. The van der Waals surface area contributed by atoms with Gasteiger partial charge in [-0.15, -0.1) is 0 Å². The average Bonchev–Trinajstić information content (AvgIpc) is 2.72. The van der Waals surface area contributed by atoms with Crippen LogP contribution in [0, 0.1) is 6.92 Å². The van der Waals surface area contributed by atoms with Gasteiger partial charge in [0.05, 0.1) is 10.6 Å². The number of hydrogen-bond acceptors (Lipinski definition) is 5. The molecule has 0 atom stereocenters. The number of fused-ring (bicyclic) bond motifs is 1. The van der Waals surface area contributed by atoms with Crippen molar-refractivity contribution in [3.05, 3.63) is 48.0 Å². The van der Waals surface area contributed by atoms with E-state index in [0.717, 1.165) is 5.56 Å². The number of carbonyl (C=O) groups excluding carboxylic acids is 2. The molecule has 0 spiro atoms. The van der Waals surface area contributed by atoms with Crippen molar-refractivity contribution in [1.29, 1.82) is 0 Å². The molecule has 0 aliphatic carbocycles. The Balaban J connectivity index is 1.88. The van der Waals surface area contributed by atoms with Crippen molar-refractivity contribution >= 4 is 33.2 Å². The van der Waals surface area contributed by atoms with Crippen LogP contribution in [-0.2, 0) is 19.6 Å². The molecule has 2 amide bonds. The summed E-state index contributed by atoms with van der Waals surface area (Å²) in [5.41, 5.74) is 1.94. The van der Waals surface area contributed by atoms with Crippen molar-refractivity contribution in [2.45, 2.75) is 25.7 Å². The number of nitrogens with zero attached hydrogens (tertiary/aromatic N) is 2. The fourth-order valence-corrected chi connectivity index (χ4v) is 4.69. The molecule has 1 aliphatic rings. The molecule has 0 aromatic heterocycles. The molecular formula is C21H25N3O5S. The van der Waals surface area contributed by atoms with Crippen LogP contribution in [0.3, 0.4) is 0 Å². The van der Waals surface area contributed by atoms with E-state index in [-0.39, 0.29) is 23.7 Å². The van der Waals surface area contributed by atoms with Gasteiger partial charge in [-0.2, -0.15) is 4.31 Å². The van der Waals surface area contributed by atoms with Gasteiger partial charge in [-0.25, -0.2) is 8.42 Å². The number of amides is 2. The van der Waals surface area contributed by atoms with Crippen molar-refractivity contribution in [2.24, 2.45) is 0 Å². The van der Waals surface area contributed by atoms with Gasteiger partial charge in [0, 0.05) is 18.8 Å². The van der Waals surface area contributed by atoms with Gasteiger partial charge < -0.3 is 10.1 Å². The minimum absolute atomic E-state index is 0.0483. The first-order valence-corrected chi connectivity index (χ1v) is 11.1. The number of sulfonamides is 1. The van der Waals surface area contributed by atoms with Crippen LogP contribution in [0.25, 0.3) is 0 Å². The first-order chi connectivity index (χ1) is 14.3. The number of hydrogen-bond donors (Lipinski definition) is 1. The lowest BCUT2D eigenvalue weighted by atomic mass is 10.2. The molecule has 0 radical (unpaired) electrons. The highest BCUT2D eigenvalue weighted by molar-refractivity contribution is 7.89. The molecule has 8 nitrogen and oxygen atoms in total. The largest absolute Gasteiger partial charge is 0.482 e. The summed E-state index contributed by atoms with van der Waals surface area (Å²) in [6, 6.07) is 11.6. The molecule has 0 saturated carbocycles. The lowest BCUT2D eigenvalue weighted by Crippen LogP contribution is -2.43. The first-order valence-electron chi connectivity index (χ1n) is 9.70. The van der Waals surface area contributed by atoms with Gasteiger partial charge in [0.1, 0.15) is 12.3 Å². The third kappa shape index (κ3) is 4.47. The molecule has 1 N–H and O–H groups in total. The van der Waals surface area contributed by atoms with E-state index in [4.69, 9.17) is 4.74 Å². The summed E-state index contributed by atoms with van der Waals surface area (Å²) in [6.07, 6.45) is 0. The molecule has 0 saturated heterocycles. The number of ether oxygens (including phenoxy) is 1. The quantitative estimate of drug-likeness (QED) is 0.726. The van der Waals surface area contributed by atoms with Crippen LogP contribution in [0.4, 0.5) is 11.4 Å². The Labute approximate surface area is 176 Å². The molecule has 0 unspecified atom stereocenters. The third-order valence-electron chi connectivity index (χ3n) is 4.85. The van der Waals surface area contributed by atoms with Crippen LogP contribution in [0.15, 0.2) is 47.4 Å². The van der Waals surface area contributed by atoms with Crippen LogP contribution in [0.5, 0.6) is 5.75 Å². The van der Waals surface area contributed by atoms with Gasteiger partial charge in [-0.3, -0.25) is 14.5 Å². The van der Waals surface area contributed by atoms with E-state index >= 15 is 0 Å². The second kappa shape index (κ2) is 8.85. The van der Waals surface area contributed by atoms with Gasteiger partial charge in [-0.05, 0) is 37.3 Å². The van der Waals surface area contributed by atoms with Gasteiger partial charge in [0.25, 0.3) is 5.91 Å². The maximum Gasteiger partial charge on any atom is 0.265 e. The normalized spacial score (nSPS) is 13.7. The fraction of sp³-hybridized carbons (Fsp3) is 0.333. The van der Waals surface area contributed by atoms with Crippen molar-refractivity contribution in [1.82, 2.24) is 4.31 Å². The van der Waals surface area contributed by atoms with E-state index in [2.05, 4.69) is 5.32 Å². The molecule has 3 rings (SSSR count). The monoisotopic (exact) mass is 431 g/mol. The number of rotatable bonds is 7. The second-order valence-corrected chi connectivity index (χ2v) is 8.84. The summed E-state index contributed by atoms with van der Waals surface area (Å²) in [6.45, 7) is 5.65. The zero-order chi connectivity index (χ0) is 21.9. The van der Waals surface area contributed by atoms with E-state index in [0.29, 0.717) is 24.5 Å². The predicted octanol–water partition coefficient (Wildman–Crippen LogP) is 2.39. The van der Waals surface area contributed by atoms with Crippen LogP contribution >= 0.6 is 0 Å². The zero-order valence-electron chi connectivity index (χ0n) is 17.2. The number of benzene rings is 2. The lowest BCUT2D eigenvalue weighted by Gasteiger charge is -2.29. The van der Waals surface area contributed by atoms with E-state index in [9.17, 15) is 18.0 Å². The molecule has 1 aliphatic heterocycles. The summed E-state index contributed by atoms with van der Waals surface area (Å²) >= 11 is 0. The van der Waals surface area contributed by atoms with Gasteiger partial charge in [0.15, 0.2) is 6.61 Å². The van der Waals surface area contributed by atoms with Crippen molar-refractivity contribution in [3.8, 4) is 5.75 Å². The highest BCUT2D eigenvalue weighted by atomic mass is 32.2. The Morgan fingerprint density at radius 2 is 1.80 bits per heavy atom. The summed E-state index contributed by atoms with van der Waals surface area (Å²) < 4.78 is 32.5. The maximum atomic E-state index is 12.9. The standard InChI is InChI=1S/C21H25N3O5S/c1-4-23(5-2)30(27,28)17-10-11-19-18(12-17)24(21(26)14-29-19)13-20(25)22-16-8-6-15(3)7-9-16/h6-12H,4-5,13-14H2,1-3H3,(H,22,25). The van der Waals surface area contributed by atoms with E-state index in [1.165, 1.54) is 27.4 Å². The zero-order valence-corrected chi connectivity index (χ0v) is 18.0. The molecule has 160 valence electrons. The van der Waals surface area contributed by atoms with Crippen molar-refractivity contribution < 1.29 is 22.7 Å². The van der Waals surface area contributed by atoms with Crippen LogP contribution in [-0.4, -0.2) is 50.8 Å². The molecule has 0 fully saturated rings. The average molecular weight is 432 g/mol. The highest BCUT2D eigenvalue weighted by Crippen LogP contribution is 2.35. The van der Waals surface area contributed by atoms with E-state index in [1.807, 2.05) is 19.1 Å². The number of aryl methyl sites for hydroxylation is 1. The minimum Gasteiger partial charge on any atom is -0.482 e. The van der Waals surface area contributed by atoms with E-state index < -0.39 is 21.8 Å². The molecule has 0 bridgehead atoms. The highest BCUT2D eigenvalue weighted by Gasteiger charge is 2.30. The Kier molecular flexibility index (Phi) is 6.42. The molecule has 2 aromatic carbocycles. The third-order valence-corrected chi connectivity index (χ3v) is 6.90. The molecule has 2 aromatic rings. The summed E-state index contributed by atoms with van der Waals surface area (Å²) in [7, 11) is -3.72. The Morgan fingerprint density at radius 1 is 1.13 bits per heavy atom. The van der Waals surface area contributed by atoms with Crippen molar-refractivity contribution in [2.75, 3.05) is 36.5 Å². The van der Waals surface area contributed by atoms with Gasteiger partial charge in [0.2, 0.25) is 15.9 Å². The van der Waals surface area contributed by atoms with Crippen molar-refractivity contribution in [3.63, 3.8) is 0 Å². The number of carbonyl (C=O) groups is 2. The lowest BCUT2D eigenvalue weighted by molar-refractivity contribution is -0.123. The first kappa shape index (κ1) is 21.8. The second-order valence-electron chi connectivity index (χ2n) is 6.90. The van der Waals surface area contributed by atoms with Gasteiger partial charge in [-0.1, -0.05) is 31.5 Å². The van der Waals surface area contributed by atoms with Crippen LogP contribution in [0.1, 0.15) is 19.4 Å². The number of anilines is 2. The number of nitrogens with one attached hydrogen (secondary N) is 1. The van der Waals surface area contributed by atoms with E-state index in [1.54, 1.807) is 26.0 Å². The molecule has 9 heteroatoms. The Bertz CT molecular complexity index is 1050. The Hall–Kier alpha value is -2.91. The summed E-state index contributed by atoms with van der Waals surface area (Å²) in [5.74, 6) is -0.452. The molecule has 1 heterocycles. The smallest absolute Gasteiger partial charge is 0.265 e. The SMILES string of the molecule is CCN(CC)S(=O)(=O)c1ccc2c(c1)N(CC(=O)Nc1ccc(C)cc1)C(=O)CO2. The fourth-order valence-electron chi connectivity index (χ4n) is 3.21. The van der Waals surface area contributed by atoms with Crippen LogP contribution in [0.2, 0.25) is 0 Å².